The van der Waals surface area contributed by atoms with Crippen LogP contribution in [0.2, 0.25) is 0 Å². The summed E-state index contributed by atoms with van der Waals surface area (Å²) in [6.07, 6.45) is 3.67. The van der Waals surface area contributed by atoms with Crippen molar-refractivity contribution in [1.29, 1.82) is 0 Å². The lowest BCUT2D eigenvalue weighted by Crippen LogP contribution is -2.07. The van der Waals surface area contributed by atoms with Crippen molar-refractivity contribution in [3.63, 3.8) is 0 Å². The van der Waals surface area contributed by atoms with Gasteiger partial charge in [0, 0.05) is 21.8 Å². The summed E-state index contributed by atoms with van der Waals surface area (Å²) < 4.78 is 0. The molecule has 1 aromatic heterocycles. The number of H-pyrrole nitrogens is 1. The smallest absolute Gasteiger partial charge is 0.402 e. The van der Waals surface area contributed by atoms with E-state index in [2.05, 4.69) is 54.4 Å². The maximum atomic E-state index is 7.17. The Hall–Kier alpha value is -1.82. The fourth-order valence-electron chi connectivity index (χ4n) is 2.51. The lowest BCUT2D eigenvalue weighted by Gasteiger charge is -2.01. The van der Waals surface area contributed by atoms with E-state index in [9.17, 15) is 0 Å². The largest absolute Gasteiger partial charge is 0.631 e. The molecule has 3 rings (SSSR count). The molecule has 0 spiro atoms. The van der Waals surface area contributed by atoms with E-state index < -0.39 is 7.32 Å². The summed E-state index contributed by atoms with van der Waals surface area (Å²) in [5.74, 6) is 0. The van der Waals surface area contributed by atoms with Gasteiger partial charge in [-0.05, 0) is 24.5 Å². The standard InChI is InChI=1S/C16H17N.BH3O3/c1-2-3-7-12-8-6-10-14-13-9-4-5-11-15(13)17-16(12)14;2-1(3)4/h4-6,8-11,17H,2-3,7H2,1H3;2-4H. The topological polar surface area (TPSA) is 76.5 Å². The molecule has 1 heterocycles. The Bertz CT molecular complexity index is 706. The van der Waals surface area contributed by atoms with E-state index in [1.165, 1.54) is 46.6 Å². The molecule has 2 aromatic carbocycles. The minimum absolute atomic E-state index is 1.17. The fraction of sp³-hybridized carbons (Fsp3) is 0.250. The highest BCUT2D eigenvalue weighted by Crippen LogP contribution is 2.28. The number of benzene rings is 2. The van der Waals surface area contributed by atoms with Crippen molar-refractivity contribution in [2.75, 3.05) is 0 Å². The molecule has 21 heavy (non-hydrogen) atoms. The minimum atomic E-state index is -2.17. The summed E-state index contributed by atoms with van der Waals surface area (Å²) in [5, 5.41) is 24.2. The van der Waals surface area contributed by atoms with Crippen molar-refractivity contribution in [1.82, 2.24) is 4.98 Å². The van der Waals surface area contributed by atoms with Crippen LogP contribution in [-0.4, -0.2) is 27.4 Å². The van der Waals surface area contributed by atoms with Crippen molar-refractivity contribution in [3.05, 3.63) is 48.0 Å². The molecule has 0 amide bonds. The molecule has 5 heteroatoms. The number of aryl methyl sites for hydroxylation is 1. The number of rotatable bonds is 3. The molecule has 4 nitrogen and oxygen atoms in total. The van der Waals surface area contributed by atoms with Crippen molar-refractivity contribution in [3.8, 4) is 0 Å². The first-order valence-electron chi connectivity index (χ1n) is 7.16. The van der Waals surface area contributed by atoms with E-state index in [1.807, 2.05) is 0 Å². The van der Waals surface area contributed by atoms with Crippen LogP contribution in [0.15, 0.2) is 42.5 Å². The zero-order valence-electron chi connectivity index (χ0n) is 12.1. The van der Waals surface area contributed by atoms with E-state index in [1.54, 1.807) is 0 Å². The van der Waals surface area contributed by atoms with Crippen LogP contribution in [0.3, 0.4) is 0 Å². The molecule has 0 radical (unpaired) electrons. The lowest BCUT2D eigenvalue weighted by atomic mass is 10.0. The maximum absolute atomic E-state index is 7.17. The summed E-state index contributed by atoms with van der Waals surface area (Å²) >= 11 is 0. The highest BCUT2D eigenvalue weighted by Gasteiger charge is 2.06. The van der Waals surface area contributed by atoms with Crippen molar-refractivity contribution in [2.45, 2.75) is 26.2 Å². The summed E-state index contributed by atoms with van der Waals surface area (Å²) in [6.45, 7) is 2.24. The number of aromatic nitrogens is 1. The van der Waals surface area contributed by atoms with Crippen molar-refractivity contribution < 1.29 is 15.1 Å². The van der Waals surface area contributed by atoms with Gasteiger partial charge < -0.3 is 20.1 Å². The molecule has 0 aliphatic carbocycles. The van der Waals surface area contributed by atoms with E-state index in [4.69, 9.17) is 15.1 Å². The first-order valence-corrected chi connectivity index (χ1v) is 7.16. The van der Waals surface area contributed by atoms with Crippen LogP contribution in [0, 0.1) is 0 Å². The third-order valence-electron chi connectivity index (χ3n) is 3.43. The quantitative estimate of drug-likeness (QED) is 0.559. The van der Waals surface area contributed by atoms with Crippen LogP contribution in [0.5, 0.6) is 0 Å². The Morgan fingerprint density at radius 1 is 0.952 bits per heavy atom. The number of unbranched alkanes of at least 4 members (excludes halogenated alkanes) is 1. The zero-order chi connectivity index (χ0) is 15.2. The molecule has 0 aliphatic rings. The van der Waals surface area contributed by atoms with Gasteiger partial charge in [0.2, 0.25) is 0 Å². The van der Waals surface area contributed by atoms with Gasteiger partial charge >= 0.3 is 7.32 Å². The van der Waals surface area contributed by atoms with Gasteiger partial charge in [-0.15, -0.1) is 0 Å². The van der Waals surface area contributed by atoms with E-state index in [0.717, 1.165) is 0 Å². The Labute approximate surface area is 124 Å². The molecular formula is C16H20BNO3. The van der Waals surface area contributed by atoms with Gasteiger partial charge in [-0.25, -0.2) is 0 Å². The van der Waals surface area contributed by atoms with Crippen LogP contribution >= 0.6 is 0 Å². The molecule has 0 atom stereocenters. The van der Waals surface area contributed by atoms with E-state index in [0.29, 0.717) is 0 Å². The van der Waals surface area contributed by atoms with Crippen molar-refractivity contribution in [2.24, 2.45) is 0 Å². The van der Waals surface area contributed by atoms with Gasteiger partial charge in [0.25, 0.3) is 0 Å². The van der Waals surface area contributed by atoms with E-state index in [-0.39, 0.29) is 0 Å². The number of fused-ring (bicyclic) bond motifs is 3. The van der Waals surface area contributed by atoms with Crippen LogP contribution in [0.25, 0.3) is 21.8 Å². The molecule has 4 N–H and O–H groups in total. The van der Waals surface area contributed by atoms with Crippen LogP contribution in [-0.2, 0) is 6.42 Å². The molecule has 110 valence electrons. The second kappa shape index (κ2) is 7.27. The maximum Gasteiger partial charge on any atom is 0.631 e. The summed E-state index contributed by atoms with van der Waals surface area (Å²) in [4.78, 5) is 3.56. The molecule has 0 saturated carbocycles. The monoisotopic (exact) mass is 285 g/mol. The van der Waals surface area contributed by atoms with Crippen molar-refractivity contribution >= 4 is 29.1 Å². The van der Waals surface area contributed by atoms with Gasteiger partial charge in [0.15, 0.2) is 0 Å². The molecule has 0 unspecified atom stereocenters. The predicted octanol–water partition coefficient (Wildman–Crippen LogP) is 2.61. The first kappa shape index (κ1) is 15.6. The Morgan fingerprint density at radius 3 is 2.33 bits per heavy atom. The lowest BCUT2D eigenvalue weighted by molar-refractivity contribution is 0.278. The van der Waals surface area contributed by atoms with Gasteiger partial charge in [0.1, 0.15) is 0 Å². The zero-order valence-corrected chi connectivity index (χ0v) is 12.1. The second-order valence-corrected chi connectivity index (χ2v) is 4.96. The first-order chi connectivity index (χ1) is 10.1. The molecule has 0 aliphatic heterocycles. The molecule has 0 saturated heterocycles. The SMILES string of the molecule is CCCCc1cccc2c1[nH]c1ccccc12.OB(O)O. The Morgan fingerprint density at radius 2 is 1.62 bits per heavy atom. The third-order valence-corrected chi connectivity index (χ3v) is 3.43. The van der Waals surface area contributed by atoms with Crippen LogP contribution < -0.4 is 0 Å². The van der Waals surface area contributed by atoms with Crippen LogP contribution in [0.4, 0.5) is 0 Å². The summed E-state index contributed by atoms with van der Waals surface area (Å²) in [6, 6.07) is 15.2. The molecule has 3 aromatic rings. The highest BCUT2D eigenvalue weighted by atomic mass is 16.5. The molecular weight excluding hydrogens is 265 g/mol. The normalized spacial score (nSPS) is 10.5. The van der Waals surface area contributed by atoms with Gasteiger partial charge in [-0.2, -0.15) is 0 Å². The van der Waals surface area contributed by atoms with Gasteiger partial charge in [-0.3, -0.25) is 0 Å². The van der Waals surface area contributed by atoms with Gasteiger partial charge in [0.05, 0.1) is 0 Å². The third kappa shape index (κ3) is 3.85. The van der Waals surface area contributed by atoms with Gasteiger partial charge in [-0.1, -0.05) is 49.7 Å². The Kier molecular flexibility index (Phi) is 5.39. The fourth-order valence-corrected chi connectivity index (χ4v) is 2.51. The number of hydrogen-bond donors (Lipinski definition) is 4. The number of aromatic amines is 1. The summed E-state index contributed by atoms with van der Waals surface area (Å²) in [7, 11) is -2.17. The number of hydrogen-bond acceptors (Lipinski definition) is 3. The highest BCUT2D eigenvalue weighted by molar-refractivity contribution is 6.30. The van der Waals surface area contributed by atoms with Crippen LogP contribution in [0.1, 0.15) is 25.3 Å². The second-order valence-electron chi connectivity index (χ2n) is 4.96. The predicted molar refractivity (Wildman–Crippen MR) is 86.8 cm³/mol. The molecule has 0 fully saturated rings. The average Bonchev–Trinajstić information content (AvgIpc) is 2.84. The van der Waals surface area contributed by atoms with E-state index >= 15 is 0 Å². The minimum Gasteiger partial charge on any atom is -0.402 e. The number of para-hydroxylation sites is 2. The molecule has 0 bridgehead atoms. The average molecular weight is 285 g/mol. The Balaban J connectivity index is 0.000000361. The summed E-state index contributed by atoms with van der Waals surface area (Å²) in [5.41, 5.74) is 4.01. The number of nitrogens with one attached hydrogen (secondary N) is 1.